The van der Waals surface area contributed by atoms with Crippen molar-refractivity contribution in [2.75, 3.05) is 20.8 Å². The summed E-state index contributed by atoms with van der Waals surface area (Å²) in [6.07, 6.45) is -4.53. The second-order valence-corrected chi connectivity index (χ2v) is 7.78. The van der Waals surface area contributed by atoms with Crippen molar-refractivity contribution in [1.82, 2.24) is 4.90 Å². The first-order valence-corrected chi connectivity index (χ1v) is 10.5. The predicted octanol–water partition coefficient (Wildman–Crippen LogP) is 1.09. The summed E-state index contributed by atoms with van der Waals surface area (Å²) < 4.78 is 22.3. The Bertz CT molecular complexity index is 845. The van der Waals surface area contributed by atoms with Gasteiger partial charge < -0.3 is 34.1 Å². The molecule has 0 radical (unpaired) electrons. The molecule has 3 rings (SSSR count). The Kier molecular flexibility index (Phi) is 8.60. The van der Waals surface area contributed by atoms with Crippen LogP contribution in [0.15, 0.2) is 54.6 Å². The number of carbonyl (C=O) groups excluding carboxylic acids is 1. The molecule has 1 fully saturated rings. The fourth-order valence-corrected chi connectivity index (χ4v) is 3.63. The monoisotopic (exact) mass is 444 g/mol. The van der Waals surface area contributed by atoms with E-state index in [1.807, 2.05) is 54.6 Å². The van der Waals surface area contributed by atoms with Crippen molar-refractivity contribution in [2.45, 2.75) is 50.8 Å². The lowest BCUT2D eigenvalue weighted by atomic mass is 9.95. The minimum atomic E-state index is -1.58. The van der Waals surface area contributed by atoms with Crippen LogP contribution in [-0.4, -0.2) is 67.3 Å². The van der Waals surface area contributed by atoms with Crippen molar-refractivity contribution in [2.24, 2.45) is 0 Å². The van der Waals surface area contributed by atoms with Gasteiger partial charge in [-0.05, 0) is 23.3 Å². The Labute approximate surface area is 188 Å². The van der Waals surface area contributed by atoms with Crippen molar-refractivity contribution in [1.29, 1.82) is 0 Å². The number of carbonyl (C=O) groups is 1. The first-order valence-electron chi connectivity index (χ1n) is 10.5. The zero-order chi connectivity index (χ0) is 23.1. The Balaban J connectivity index is 1.66. The number of benzene rings is 2. The number of methoxy groups -OCH3 is 1. The molecule has 0 bridgehead atoms. The lowest BCUT2D eigenvalue weighted by Crippen LogP contribution is -2.68. The van der Waals surface area contributed by atoms with Crippen LogP contribution in [-0.2, 0) is 32.2 Å². The Morgan fingerprint density at radius 2 is 1.75 bits per heavy atom. The summed E-state index contributed by atoms with van der Waals surface area (Å²) in [5, 5.41) is 23.8. The maximum atomic E-state index is 12.8. The van der Waals surface area contributed by atoms with Gasteiger partial charge in [0, 0.05) is 20.3 Å². The van der Waals surface area contributed by atoms with Crippen LogP contribution in [0.1, 0.15) is 18.1 Å². The summed E-state index contributed by atoms with van der Waals surface area (Å²) in [4.78, 5) is 13.2. The predicted molar refractivity (Wildman–Crippen MR) is 115 cm³/mol. The molecule has 0 aliphatic carbocycles. The van der Waals surface area contributed by atoms with Gasteiger partial charge in [0.05, 0.1) is 33.0 Å². The van der Waals surface area contributed by atoms with Gasteiger partial charge in [0.1, 0.15) is 24.1 Å². The Hall–Kier alpha value is -2.49. The molecular weight excluding hydrogens is 414 g/mol. The average molecular weight is 445 g/mol. The van der Waals surface area contributed by atoms with Crippen LogP contribution in [0.25, 0.3) is 0 Å². The third-order valence-electron chi connectivity index (χ3n) is 5.58. The maximum absolute atomic E-state index is 12.8. The first-order chi connectivity index (χ1) is 15.4. The van der Waals surface area contributed by atoms with E-state index in [0.29, 0.717) is 0 Å². The van der Waals surface area contributed by atoms with Crippen LogP contribution in [0.5, 0.6) is 5.75 Å². The number of hydrogen-bond donors (Lipinski definition) is 1. The normalized spacial score (nSPS) is 25.3. The SMILES string of the molecule is COc1ccc(COC[C@H]2O[C@@H]([O-])[C@H](N(C)C(C)=O)[C@@H](OCc3ccccc3)[C@@H]2O)cc1. The number of amides is 1. The molecule has 2 aromatic rings. The highest BCUT2D eigenvalue weighted by atomic mass is 16.6. The van der Waals surface area contributed by atoms with Crippen LogP contribution in [0, 0.1) is 0 Å². The van der Waals surface area contributed by atoms with E-state index in [1.54, 1.807) is 7.11 Å². The Morgan fingerprint density at radius 1 is 1.09 bits per heavy atom. The lowest BCUT2D eigenvalue weighted by molar-refractivity contribution is -0.526. The summed E-state index contributed by atoms with van der Waals surface area (Å²) in [6.45, 7) is 1.84. The maximum Gasteiger partial charge on any atom is 0.219 e. The van der Waals surface area contributed by atoms with E-state index in [-0.39, 0.29) is 25.7 Å². The van der Waals surface area contributed by atoms with Gasteiger partial charge in [-0.1, -0.05) is 42.5 Å². The molecule has 1 N–H and O–H groups in total. The van der Waals surface area contributed by atoms with E-state index in [9.17, 15) is 15.0 Å². The Morgan fingerprint density at radius 3 is 2.38 bits per heavy atom. The average Bonchev–Trinajstić information content (AvgIpc) is 2.80. The summed E-state index contributed by atoms with van der Waals surface area (Å²) in [5.41, 5.74) is 1.81. The molecule has 2 aromatic carbocycles. The quantitative estimate of drug-likeness (QED) is 0.618. The smallest absolute Gasteiger partial charge is 0.219 e. The molecule has 8 nitrogen and oxygen atoms in total. The molecule has 0 saturated carbocycles. The van der Waals surface area contributed by atoms with Crippen LogP contribution in [0.2, 0.25) is 0 Å². The molecule has 0 aromatic heterocycles. The van der Waals surface area contributed by atoms with Crippen LogP contribution >= 0.6 is 0 Å². The standard InChI is InChI=1S/C24H30NO7/c1-16(26)25(2)21-23(31-14-17-7-5-4-6-8-17)22(27)20(32-24(21)28)15-30-13-18-9-11-19(29-3)12-10-18/h4-12,20-24,27H,13-15H2,1-3H3/q-1/t20-,21-,22-,23-,24-/m1/s1. The molecule has 0 unspecified atom stereocenters. The van der Waals surface area contributed by atoms with Crippen molar-refractivity contribution in [3.8, 4) is 5.75 Å². The topological polar surface area (TPSA) is 101 Å². The van der Waals surface area contributed by atoms with Gasteiger partial charge in [-0.15, -0.1) is 0 Å². The number of rotatable bonds is 9. The van der Waals surface area contributed by atoms with Gasteiger partial charge in [-0.2, -0.15) is 0 Å². The van der Waals surface area contributed by atoms with Gasteiger partial charge >= 0.3 is 0 Å². The van der Waals surface area contributed by atoms with Crippen LogP contribution in [0.3, 0.4) is 0 Å². The highest BCUT2D eigenvalue weighted by Gasteiger charge is 2.44. The third-order valence-corrected chi connectivity index (χ3v) is 5.58. The van der Waals surface area contributed by atoms with Crippen molar-refractivity contribution < 1.29 is 34.0 Å². The number of aliphatic hydroxyl groups excluding tert-OH is 1. The molecule has 1 saturated heterocycles. The number of hydrogen-bond acceptors (Lipinski definition) is 7. The molecule has 174 valence electrons. The van der Waals surface area contributed by atoms with E-state index >= 15 is 0 Å². The number of ether oxygens (including phenoxy) is 4. The lowest BCUT2D eigenvalue weighted by Gasteiger charge is -2.50. The highest BCUT2D eigenvalue weighted by molar-refractivity contribution is 5.73. The van der Waals surface area contributed by atoms with Gasteiger partial charge in [0.15, 0.2) is 0 Å². The molecule has 0 spiro atoms. The fraction of sp³-hybridized carbons (Fsp3) is 0.458. The molecule has 5 atom stereocenters. The van der Waals surface area contributed by atoms with Crippen molar-refractivity contribution in [3.05, 3.63) is 65.7 Å². The molecule has 32 heavy (non-hydrogen) atoms. The van der Waals surface area contributed by atoms with E-state index in [2.05, 4.69) is 0 Å². The zero-order valence-electron chi connectivity index (χ0n) is 18.5. The second-order valence-electron chi connectivity index (χ2n) is 7.78. The van der Waals surface area contributed by atoms with E-state index in [4.69, 9.17) is 18.9 Å². The summed E-state index contributed by atoms with van der Waals surface area (Å²) >= 11 is 0. The number of nitrogens with zero attached hydrogens (tertiary/aromatic N) is 1. The van der Waals surface area contributed by atoms with Gasteiger partial charge in [0.2, 0.25) is 5.91 Å². The minimum Gasteiger partial charge on any atom is -0.829 e. The number of aliphatic hydroxyl groups is 1. The van der Waals surface area contributed by atoms with Gasteiger partial charge in [-0.25, -0.2) is 0 Å². The fourth-order valence-electron chi connectivity index (χ4n) is 3.63. The highest BCUT2D eigenvalue weighted by Crippen LogP contribution is 2.26. The van der Waals surface area contributed by atoms with Gasteiger partial charge in [0.25, 0.3) is 0 Å². The largest absolute Gasteiger partial charge is 0.829 e. The molecule has 1 heterocycles. The molecule has 8 heteroatoms. The van der Waals surface area contributed by atoms with Crippen LogP contribution in [0.4, 0.5) is 0 Å². The number of likely N-dealkylation sites (N-methyl/N-ethyl adjacent to an activating group) is 1. The van der Waals surface area contributed by atoms with Crippen molar-refractivity contribution >= 4 is 5.91 Å². The summed E-state index contributed by atoms with van der Waals surface area (Å²) in [5.74, 6) is 0.433. The molecular formula is C24H30NO7-. The van der Waals surface area contributed by atoms with E-state index in [1.165, 1.54) is 18.9 Å². The third kappa shape index (κ3) is 6.05. The van der Waals surface area contributed by atoms with E-state index in [0.717, 1.165) is 16.9 Å². The zero-order valence-corrected chi connectivity index (χ0v) is 18.5. The molecule has 1 amide bonds. The first kappa shape index (κ1) is 24.2. The van der Waals surface area contributed by atoms with Crippen LogP contribution < -0.4 is 9.84 Å². The minimum absolute atomic E-state index is 0.00758. The van der Waals surface area contributed by atoms with E-state index < -0.39 is 30.6 Å². The summed E-state index contributed by atoms with van der Waals surface area (Å²) in [6, 6.07) is 15.9. The van der Waals surface area contributed by atoms with Crippen molar-refractivity contribution in [3.63, 3.8) is 0 Å². The summed E-state index contributed by atoms with van der Waals surface area (Å²) in [7, 11) is 3.10. The van der Waals surface area contributed by atoms with Gasteiger partial charge in [-0.3, -0.25) is 4.79 Å². The molecule has 1 aliphatic heterocycles. The molecule has 1 aliphatic rings. The second kappa shape index (κ2) is 11.4.